The predicted octanol–water partition coefficient (Wildman–Crippen LogP) is 3.10. The Balaban J connectivity index is 0.000000287. The number of hydroxylamine groups is 2. The summed E-state index contributed by atoms with van der Waals surface area (Å²) in [5.74, 6) is -0.582. The van der Waals surface area contributed by atoms with Crippen molar-refractivity contribution >= 4 is 18.8 Å². The second-order valence-corrected chi connectivity index (χ2v) is 4.65. The first-order valence-corrected chi connectivity index (χ1v) is 6.89. The third-order valence-corrected chi connectivity index (χ3v) is 3.06. The molecule has 2 rings (SSSR count). The van der Waals surface area contributed by atoms with E-state index in [4.69, 9.17) is 0 Å². The highest BCUT2D eigenvalue weighted by molar-refractivity contribution is 6.00. The molecule has 22 heavy (non-hydrogen) atoms. The van der Waals surface area contributed by atoms with Crippen molar-refractivity contribution in [1.29, 1.82) is 0 Å². The smallest absolute Gasteiger partial charge is 0.321 e. The zero-order valence-electron chi connectivity index (χ0n) is 12.3. The van der Waals surface area contributed by atoms with Crippen molar-refractivity contribution in [2.45, 2.75) is 32.6 Å². The molecule has 0 saturated heterocycles. The molecule has 0 atom stereocenters. The van der Waals surface area contributed by atoms with Gasteiger partial charge in [0.05, 0.1) is 5.83 Å². The molecule has 0 radical (unpaired) electrons. The van der Waals surface area contributed by atoms with Crippen molar-refractivity contribution in [3.8, 4) is 0 Å². The van der Waals surface area contributed by atoms with Crippen molar-refractivity contribution < 1.29 is 23.6 Å². The molecule has 0 fully saturated rings. The van der Waals surface area contributed by atoms with Gasteiger partial charge >= 0.3 is 6.47 Å². The number of allylic oxidation sites excluding steroid dienone is 2. The Morgan fingerprint density at radius 1 is 1.27 bits per heavy atom. The lowest BCUT2D eigenvalue weighted by Gasteiger charge is -2.12. The molecule has 0 heterocycles. The summed E-state index contributed by atoms with van der Waals surface area (Å²) in [6, 6.07) is 6.68. The lowest BCUT2D eigenvalue weighted by atomic mass is 10.1. The highest BCUT2D eigenvalue weighted by Gasteiger charge is 2.17. The van der Waals surface area contributed by atoms with Crippen LogP contribution in [0, 0.1) is 6.92 Å². The Morgan fingerprint density at radius 3 is 2.45 bits per heavy atom. The summed E-state index contributed by atoms with van der Waals surface area (Å²) in [6.45, 7) is 1.74. The maximum Gasteiger partial charge on any atom is 0.321 e. The van der Waals surface area contributed by atoms with Gasteiger partial charge < -0.3 is 4.84 Å². The van der Waals surface area contributed by atoms with Gasteiger partial charge in [0, 0.05) is 5.56 Å². The zero-order valence-corrected chi connectivity index (χ0v) is 12.3. The van der Waals surface area contributed by atoms with Crippen LogP contribution in [0.2, 0.25) is 0 Å². The van der Waals surface area contributed by atoms with Gasteiger partial charge in [-0.2, -0.15) is 0 Å². The SMILES string of the molecule is Cc1ccccc1C(=O)N(C=O)OC=O.FC1=CCCCC1. The fourth-order valence-electron chi connectivity index (χ4n) is 1.90. The van der Waals surface area contributed by atoms with Gasteiger partial charge in [0.25, 0.3) is 12.3 Å². The number of hydrogen-bond donors (Lipinski definition) is 0. The summed E-state index contributed by atoms with van der Waals surface area (Å²) in [6.07, 6.45) is 5.67. The molecule has 1 aromatic carbocycles. The third kappa shape index (κ3) is 5.47. The van der Waals surface area contributed by atoms with Crippen LogP contribution in [0.4, 0.5) is 4.39 Å². The van der Waals surface area contributed by atoms with Crippen LogP contribution in [0.1, 0.15) is 41.6 Å². The second kappa shape index (κ2) is 9.44. The molecule has 2 amide bonds. The average molecular weight is 307 g/mol. The number of imide groups is 1. The minimum absolute atomic E-state index is 0.0184. The van der Waals surface area contributed by atoms with Crippen molar-refractivity contribution in [2.24, 2.45) is 0 Å². The molecule has 0 saturated carbocycles. The molecular weight excluding hydrogens is 289 g/mol. The Labute approximate surface area is 128 Å². The van der Waals surface area contributed by atoms with Crippen molar-refractivity contribution in [2.75, 3.05) is 0 Å². The quantitative estimate of drug-likeness (QED) is 0.633. The number of halogens is 1. The molecule has 6 heteroatoms. The first kappa shape index (κ1) is 17.6. The van der Waals surface area contributed by atoms with E-state index in [1.165, 1.54) is 6.42 Å². The molecule has 1 aliphatic carbocycles. The van der Waals surface area contributed by atoms with E-state index in [-0.39, 0.29) is 18.7 Å². The van der Waals surface area contributed by atoms with Crippen LogP contribution in [0.15, 0.2) is 36.2 Å². The van der Waals surface area contributed by atoms with Gasteiger partial charge in [0.1, 0.15) is 0 Å². The minimum Gasteiger partial charge on any atom is -0.334 e. The monoisotopic (exact) mass is 307 g/mol. The number of hydrogen-bond acceptors (Lipinski definition) is 4. The molecule has 0 bridgehead atoms. The molecule has 5 nitrogen and oxygen atoms in total. The van der Waals surface area contributed by atoms with Gasteiger partial charge in [0.15, 0.2) is 0 Å². The summed E-state index contributed by atoms with van der Waals surface area (Å²) in [5, 5.41) is 0.343. The highest BCUT2D eigenvalue weighted by Crippen LogP contribution is 2.17. The zero-order chi connectivity index (χ0) is 16.4. The van der Waals surface area contributed by atoms with E-state index in [9.17, 15) is 18.8 Å². The van der Waals surface area contributed by atoms with Gasteiger partial charge in [0.2, 0.25) is 0 Å². The molecule has 0 aliphatic heterocycles. The Morgan fingerprint density at radius 2 is 2.00 bits per heavy atom. The number of amides is 2. The van der Waals surface area contributed by atoms with Crippen LogP contribution >= 0.6 is 0 Å². The van der Waals surface area contributed by atoms with Crippen molar-refractivity contribution in [3.05, 3.63) is 47.3 Å². The summed E-state index contributed by atoms with van der Waals surface area (Å²) >= 11 is 0. The number of carbonyl (C=O) groups excluding carboxylic acids is 3. The number of nitrogens with zero attached hydrogens (tertiary/aromatic N) is 1. The van der Waals surface area contributed by atoms with Crippen LogP contribution in [-0.4, -0.2) is 23.9 Å². The molecular formula is C16H18FNO4. The van der Waals surface area contributed by atoms with Gasteiger partial charge in [-0.05, 0) is 44.2 Å². The standard InChI is InChI=1S/C10H9NO4.C6H9F/c1-8-4-2-3-5-9(8)10(14)11(6-12)15-7-13;7-6-4-2-1-3-5-6/h2-7H,1H3;4H,1-3,5H2. The fraction of sp³-hybridized carbons (Fsp3) is 0.312. The van der Waals surface area contributed by atoms with E-state index in [0.29, 0.717) is 22.6 Å². The molecule has 0 spiro atoms. The topological polar surface area (TPSA) is 63.7 Å². The maximum atomic E-state index is 12.0. The average Bonchev–Trinajstić information content (AvgIpc) is 2.54. The van der Waals surface area contributed by atoms with Gasteiger partial charge in [-0.25, -0.2) is 4.39 Å². The molecule has 0 aromatic heterocycles. The molecule has 0 unspecified atom stereocenters. The maximum absolute atomic E-state index is 12.0. The van der Waals surface area contributed by atoms with E-state index < -0.39 is 5.91 Å². The van der Waals surface area contributed by atoms with E-state index in [1.807, 2.05) is 0 Å². The van der Waals surface area contributed by atoms with Gasteiger partial charge in [-0.3, -0.25) is 14.4 Å². The van der Waals surface area contributed by atoms with Crippen molar-refractivity contribution in [1.82, 2.24) is 5.06 Å². The van der Waals surface area contributed by atoms with Crippen LogP contribution in [0.25, 0.3) is 0 Å². The second-order valence-electron chi connectivity index (χ2n) is 4.65. The Bertz CT molecular complexity index is 557. The molecule has 1 aliphatic rings. The lowest BCUT2D eigenvalue weighted by molar-refractivity contribution is -0.167. The van der Waals surface area contributed by atoms with Crippen molar-refractivity contribution in [3.63, 3.8) is 0 Å². The minimum atomic E-state index is -0.671. The Kier molecular flexibility index (Phi) is 7.53. The van der Waals surface area contributed by atoms with Crippen LogP contribution in [0.5, 0.6) is 0 Å². The fourth-order valence-corrected chi connectivity index (χ4v) is 1.90. The predicted molar refractivity (Wildman–Crippen MR) is 78.2 cm³/mol. The van der Waals surface area contributed by atoms with E-state index in [0.717, 1.165) is 12.8 Å². The molecule has 0 N–H and O–H groups in total. The van der Waals surface area contributed by atoms with E-state index in [1.54, 1.807) is 37.3 Å². The number of aryl methyl sites for hydroxylation is 1. The van der Waals surface area contributed by atoms with Crippen LogP contribution < -0.4 is 0 Å². The number of carbonyl (C=O) groups is 3. The van der Waals surface area contributed by atoms with Gasteiger partial charge in [-0.1, -0.05) is 24.3 Å². The molecule has 1 aromatic rings. The van der Waals surface area contributed by atoms with Gasteiger partial charge in [-0.15, -0.1) is 5.06 Å². The first-order valence-electron chi connectivity index (χ1n) is 6.89. The van der Waals surface area contributed by atoms with E-state index >= 15 is 0 Å². The lowest BCUT2D eigenvalue weighted by Crippen LogP contribution is -2.29. The summed E-state index contributed by atoms with van der Waals surface area (Å²) in [4.78, 5) is 36.3. The van der Waals surface area contributed by atoms with Crippen LogP contribution in [-0.2, 0) is 14.4 Å². The third-order valence-electron chi connectivity index (χ3n) is 3.06. The summed E-state index contributed by atoms with van der Waals surface area (Å²) < 4.78 is 12.0. The van der Waals surface area contributed by atoms with E-state index in [2.05, 4.69) is 4.84 Å². The number of benzene rings is 1. The first-order chi connectivity index (χ1) is 10.6. The summed E-state index contributed by atoms with van der Waals surface area (Å²) in [7, 11) is 0. The van der Waals surface area contributed by atoms with Crippen LogP contribution in [0.3, 0.4) is 0 Å². The molecule has 118 valence electrons. The Hall–Kier alpha value is -2.50. The summed E-state index contributed by atoms with van der Waals surface area (Å²) in [5.41, 5.74) is 1.01. The largest absolute Gasteiger partial charge is 0.334 e. The normalized spacial score (nSPS) is 13.1. The number of rotatable bonds is 4. The highest BCUT2D eigenvalue weighted by atomic mass is 19.1.